The van der Waals surface area contributed by atoms with Crippen molar-refractivity contribution in [2.24, 2.45) is 0 Å². The Bertz CT molecular complexity index is 835. The van der Waals surface area contributed by atoms with Crippen molar-refractivity contribution in [2.45, 2.75) is 31.9 Å². The van der Waals surface area contributed by atoms with E-state index in [2.05, 4.69) is 5.32 Å². The Morgan fingerprint density at radius 3 is 2.62 bits per heavy atom. The van der Waals surface area contributed by atoms with Crippen molar-refractivity contribution in [1.29, 1.82) is 0 Å². The Morgan fingerprint density at radius 2 is 1.96 bits per heavy atom. The number of ether oxygens (including phenoxy) is 3. The molecule has 0 radical (unpaired) electrons. The molecule has 6 heteroatoms. The maximum absolute atomic E-state index is 13.9. The summed E-state index contributed by atoms with van der Waals surface area (Å²) in [5.74, 6) is 0.552. The monoisotopic (exact) mass is 359 g/mol. The number of carbonyl (C=O) groups excluding carboxylic acids is 1. The summed E-state index contributed by atoms with van der Waals surface area (Å²) in [7, 11) is 2.97. The number of halogens is 1. The van der Waals surface area contributed by atoms with Gasteiger partial charge in [0.05, 0.1) is 20.3 Å². The molecular weight excluding hydrogens is 337 g/mol. The van der Waals surface area contributed by atoms with Gasteiger partial charge in [-0.05, 0) is 50.2 Å². The van der Waals surface area contributed by atoms with Gasteiger partial charge in [0, 0.05) is 17.5 Å². The molecular formula is C20H22FNO4. The lowest BCUT2D eigenvalue weighted by atomic mass is 9.89. The molecule has 0 saturated heterocycles. The molecule has 1 heterocycles. The average Bonchev–Trinajstić information content (AvgIpc) is 2.60. The maximum Gasteiger partial charge on any atom is 0.251 e. The van der Waals surface area contributed by atoms with E-state index in [4.69, 9.17) is 14.2 Å². The lowest BCUT2D eigenvalue weighted by Crippen LogP contribution is -2.41. The zero-order valence-electron chi connectivity index (χ0n) is 15.3. The van der Waals surface area contributed by atoms with Crippen LogP contribution in [-0.4, -0.2) is 25.7 Å². The highest BCUT2D eigenvalue weighted by Crippen LogP contribution is 2.41. The zero-order valence-corrected chi connectivity index (χ0v) is 15.3. The predicted molar refractivity (Wildman–Crippen MR) is 95.5 cm³/mol. The first kappa shape index (κ1) is 18.0. The topological polar surface area (TPSA) is 56.8 Å². The van der Waals surface area contributed by atoms with Gasteiger partial charge in [-0.1, -0.05) is 0 Å². The number of benzene rings is 2. The molecule has 0 fully saturated rings. The summed E-state index contributed by atoms with van der Waals surface area (Å²) in [5, 5.41) is 2.98. The van der Waals surface area contributed by atoms with Crippen LogP contribution in [0.1, 0.15) is 42.2 Å². The van der Waals surface area contributed by atoms with E-state index in [9.17, 15) is 9.18 Å². The van der Waals surface area contributed by atoms with E-state index in [1.165, 1.54) is 25.3 Å². The van der Waals surface area contributed by atoms with Crippen LogP contribution in [0.2, 0.25) is 0 Å². The van der Waals surface area contributed by atoms with Crippen molar-refractivity contribution >= 4 is 5.91 Å². The van der Waals surface area contributed by atoms with Crippen molar-refractivity contribution in [3.05, 3.63) is 53.3 Å². The molecule has 1 N–H and O–H groups in total. The smallest absolute Gasteiger partial charge is 0.251 e. The molecule has 2 aromatic carbocycles. The third-order valence-electron chi connectivity index (χ3n) is 4.39. The Labute approximate surface area is 152 Å². The van der Waals surface area contributed by atoms with Crippen LogP contribution in [0, 0.1) is 5.82 Å². The molecule has 1 amide bonds. The first-order valence-electron chi connectivity index (χ1n) is 8.34. The molecule has 1 atom stereocenters. The molecule has 0 unspecified atom stereocenters. The fourth-order valence-electron chi connectivity index (χ4n) is 3.14. The van der Waals surface area contributed by atoms with E-state index >= 15 is 0 Å². The first-order valence-corrected chi connectivity index (χ1v) is 8.34. The highest BCUT2D eigenvalue weighted by atomic mass is 19.1. The minimum Gasteiger partial charge on any atom is -0.497 e. The van der Waals surface area contributed by atoms with E-state index in [0.29, 0.717) is 17.9 Å². The summed E-state index contributed by atoms with van der Waals surface area (Å²) < 4.78 is 30.1. The van der Waals surface area contributed by atoms with Crippen LogP contribution < -0.4 is 19.5 Å². The van der Waals surface area contributed by atoms with Gasteiger partial charge < -0.3 is 19.5 Å². The van der Waals surface area contributed by atoms with Crippen molar-refractivity contribution in [1.82, 2.24) is 5.32 Å². The normalized spacial score (nSPS) is 17.7. The highest BCUT2D eigenvalue weighted by Gasteiger charge is 2.35. The van der Waals surface area contributed by atoms with E-state index in [0.717, 1.165) is 5.56 Å². The Morgan fingerprint density at radius 1 is 1.19 bits per heavy atom. The molecule has 1 aliphatic heterocycles. The number of hydrogen-bond donors (Lipinski definition) is 1. The second kappa shape index (κ2) is 6.86. The molecule has 3 rings (SSSR count). The lowest BCUT2D eigenvalue weighted by Gasteiger charge is -2.38. The fraction of sp³-hybridized carbons (Fsp3) is 0.350. The van der Waals surface area contributed by atoms with E-state index in [-0.39, 0.29) is 23.3 Å². The maximum atomic E-state index is 13.9. The molecule has 0 aromatic heterocycles. The number of methoxy groups -OCH3 is 2. The SMILES string of the molecule is COc1ccc2c(c1)[C@H](NC(=O)c1ccc(OC)c(F)c1)CC(C)(C)O2. The van der Waals surface area contributed by atoms with Gasteiger partial charge in [0.2, 0.25) is 0 Å². The molecule has 5 nitrogen and oxygen atoms in total. The molecule has 2 aromatic rings. The minimum absolute atomic E-state index is 0.101. The summed E-state index contributed by atoms with van der Waals surface area (Å²) in [6.45, 7) is 3.93. The van der Waals surface area contributed by atoms with E-state index in [1.54, 1.807) is 7.11 Å². The standard InChI is InChI=1S/C20H22FNO4/c1-20(2)11-16(14-10-13(24-3)6-8-17(14)26-20)22-19(23)12-5-7-18(25-4)15(21)9-12/h5-10,16H,11H2,1-4H3,(H,22,23)/t16-/m1/s1. The highest BCUT2D eigenvalue weighted by molar-refractivity contribution is 5.94. The van der Waals surface area contributed by atoms with Gasteiger partial charge in [-0.25, -0.2) is 4.39 Å². The van der Waals surface area contributed by atoms with Crippen LogP contribution in [0.25, 0.3) is 0 Å². The first-order chi connectivity index (χ1) is 12.3. The Kier molecular flexibility index (Phi) is 4.76. The van der Waals surface area contributed by atoms with Crippen LogP contribution in [0.15, 0.2) is 36.4 Å². The number of nitrogens with one attached hydrogen (secondary N) is 1. The van der Waals surface area contributed by atoms with Crippen LogP contribution in [0.5, 0.6) is 17.2 Å². The van der Waals surface area contributed by atoms with Gasteiger partial charge >= 0.3 is 0 Å². The predicted octanol–water partition coefficient (Wildman–Crippen LogP) is 3.88. The van der Waals surface area contributed by atoms with Crippen molar-refractivity contribution in [3.63, 3.8) is 0 Å². The largest absolute Gasteiger partial charge is 0.497 e. The van der Waals surface area contributed by atoms with Crippen LogP contribution in [0.3, 0.4) is 0 Å². The van der Waals surface area contributed by atoms with Gasteiger partial charge in [0.15, 0.2) is 11.6 Å². The summed E-state index contributed by atoms with van der Waals surface area (Å²) in [5.41, 5.74) is 0.632. The number of amides is 1. The minimum atomic E-state index is -0.575. The van der Waals surface area contributed by atoms with E-state index < -0.39 is 11.4 Å². The molecule has 0 spiro atoms. The zero-order chi connectivity index (χ0) is 18.9. The van der Waals surface area contributed by atoms with Gasteiger partial charge in [-0.3, -0.25) is 4.79 Å². The van der Waals surface area contributed by atoms with Crippen molar-refractivity contribution in [3.8, 4) is 17.2 Å². The molecule has 1 aliphatic rings. The Balaban J connectivity index is 1.89. The van der Waals surface area contributed by atoms with Crippen molar-refractivity contribution in [2.75, 3.05) is 14.2 Å². The van der Waals surface area contributed by atoms with Gasteiger partial charge in [0.25, 0.3) is 5.91 Å². The van der Waals surface area contributed by atoms with Gasteiger partial charge in [0.1, 0.15) is 17.1 Å². The number of rotatable bonds is 4. The van der Waals surface area contributed by atoms with Crippen LogP contribution >= 0.6 is 0 Å². The molecule has 138 valence electrons. The molecule has 0 bridgehead atoms. The summed E-state index contributed by atoms with van der Waals surface area (Å²) >= 11 is 0. The second-order valence-corrected chi connectivity index (χ2v) is 6.85. The molecule has 0 saturated carbocycles. The summed E-state index contributed by atoms with van der Waals surface area (Å²) in [4.78, 5) is 12.6. The molecule has 26 heavy (non-hydrogen) atoms. The average molecular weight is 359 g/mol. The number of carbonyl (C=O) groups is 1. The summed E-state index contributed by atoms with van der Waals surface area (Å²) in [6, 6.07) is 9.37. The summed E-state index contributed by atoms with van der Waals surface area (Å²) in [6.07, 6.45) is 0.581. The number of hydrogen-bond acceptors (Lipinski definition) is 4. The van der Waals surface area contributed by atoms with E-state index in [1.807, 2.05) is 32.0 Å². The second-order valence-electron chi connectivity index (χ2n) is 6.85. The van der Waals surface area contributed by atoms with Crippen molar-refractivity contribution < 1.29 is 23.4 Å². The lowest BCUT2D eigenvalue weighted by molar-refractivity contribution is 0.0618. The van der Waals surface area contributed by atoms with Crippen LogP contribution in [0.4, 0.5) is 4.39 Å². The molecule has 0 aliphatic carbocycles. The fourth-order valence-corrected chi connectivity index (χ4v) is 3.14. The van der Waals surface area contributed by atoms with Gasteiger partial charge in [-0.2, -0.15) is 0 Å². The van der Waals surface area contributed by atoms with Gasteiger partial charge in [-0.15, -0.1) is 0 Å². The van der Waals surface area contributed by atoms with Crippen LogP contribution in [-0.2, 0) is 0 Å². The number of fused-ring (bicyclic) bond motifs is 1. The quantitative estimate of drug-likeness (QED) is 0.900. The Hall–Kier alpha value is -2.76. The third kappa shape index (κ3) is 3.59. The third-order valence-corrected chi connectivity index (χ3v) is 4.39.